The standard InChI is InChI=1S/C12H16BrN3O3/c1-12(2,6-11(14)17)15-7-8-3-9(13)5-10(4-8)16(18)19/h3-5,15H,6-7H2,1-2H3,(H2,14,17). The normalized spacial score (nSPS) is 11.3. The molecule has 1 aromatic rings. The largest absolute Gasteiger partial charge is 0.370 e. The van der Waals surface area contributed by atoms with Crippen LogP contribution in [0.2, 0.25) is 0 Å². The number of hydrogen-bond acceptors (Lipinski definition) is 4. The van der Waals surface area contributed by atoms with Gasteiger partial charge in [-0.2, -0.15) is 0 Å². The molecular formula is C12H16BrN3O3. The van der Waals surface area contributed by atoms with Gasteiger partial charge in [0.15, 0.2) is 0 Å². The van der Waals surface area contributed by atoms with Crippen LogP contribution in [0.25, 0.3) is 0 Å². The lowest BCUT2D eigenvalue weighted by Gasteiger charge is -2.24. The van der Waals surface area contributed by atoms with Gasteiger partial charge in [0.2, 0.25) is 5.91 Å². The Bertz CT molecular complexity index is 503. The molecule has 0 saturated heterocycles. The number of primary amides is 1. The zero-order valence-electron chi connectivity index (χ0n) is 10.8. The minimum atomic E-state index is -0.455. The van der Waals surface area contributed by atoms with E-state index in [-0.39, 0.29) is 12.1 Å². The third-order valence-electron chi connectivity index (χ3n) is 2.54. The van der Waals surface area contributed by atoms with Crippen LogP contribution in [-0.2, 0) is 11.3 Å². The van der Waals surface area contributed by atoms with Gasteiger partial charge in [-0.3, -0.25) is 14.9 Å². The minimum Gasteiger partial charge on any atom is -0.370 e. The summed E-state index contributed by atoms with van der Waals surface area (Å²) in [5.74, 6) is -0.391. The van der Waals surface area contributed by atoms with Crippen molar-refractivity contribution in [2.24, 2.45) is 5.73 Å². The number of nitrogens with one attached hydrogen (secondary N) is 1. The molecule has 104 valence electrons. The first-order chi connectivity index (χ1) is 8.69. The molecule has 19 heavy (non-hydrogen) atoms. The fourth-order valence-electron chi connectivity index (χ4n) is 1.68. The Morgan fingerprint density at radius 3 is 2.63 bits per heavy atom. The van der Waals surface area contributed by atoms with Gasteiger partial charge in [-0.15, -0.1) is 0 Å². The quantitative estimate of drug-likeness (QED) is 0.616. The summed E-state index contributed by atoms with van der Waals surface area (Å²) in [4.78, 5) is 21.2. The van der Waals surface area contributed by atoms with Crippen molar-refractivity contribution < 1.29 is 9.72 Å². The van der Waals surface area contributed by atoms with Gasteiger partial charge < -0.3 is 11.1 Å². The van der Waals surface area contributed by atoms with E-state index in [0.29, 0.717) is 11.0 Å². The molecule has 0 radical (unpaired) electrons. The highest BCUT2D eigenvalue weighted by Gasteiger charge is 2.20. The third kappa shape index (κ3) is 5.35. The Hall–Kier alpha value is -1.47. The summed E-state index contributed by atoms with van der Waals surface area (Å²) in [6.07, 6.45) is 0.198. The molecule has 0 bridgehead atoms. The highest BCUT2D eigenvalue weighted by molar-refractivity contribution is 9.10. The molecule has 0 atom stereocenters. The van der Waals surface area contributed by atoms with Crippen LogP contribution >= 0.6 is 15.9 Å². The predicted octanol–water partition coefficient (Wildman–Crippen LogP) is 2.10. The number of amides is 1. The lowest BCUT2D eigenvalue weighted by Crippen LogP contribution is -2.42. The van der Waals surface area contributed by atoms with Crippen molar-refractivity contribution in [3.8, 4) is 0 Å². The smallest absolute Gasteiger partial charge is 0.270 e. The first-order valence-electron chi connectivity index (χ1n) is 5.67. The number of benzene rings is 1. The maximum absolute atomic E-state index is 10.9. The van der Waals surface area contributed by atoms with E-state index in [2.05, 4.69) is 21.2 Å². The molecule has 0 saturated carbocycles. The van der Waals surface area contributed by atoms with E-state index in [4.69, 9.17) is 5.73 Å². The van der Waals surface area contributed by atoms with Crippen molar-refractivity contribution >= 4 is 27.5 Å². The number of non-ortho nitro benzene ring substituents is 1. The van der Waals surface area contributed by atoms with Gasteiger partial charge in [0.05, 0.1) is 4.92 Å². The maximum Gasteiger partial charge on any atom is 0.270 e. The second kappa shape index (κ2) is 6.12. The average Bonchev–Trinajstić information content (AvgIpc) is 2.24. The molecule has 0 aliphatic rings. The first-order valence-corrected chi connectivity index (χ1v) is 6.46. The number of nitrogens with two attached hydrogens (primary N) is 1. The van der Waals surface area contributed by atoms with Gasteiger partial charge in [-0.25, -0.2) is 0 Å². The monoisotopic (exact) mass is 329 g/mol. The second-order valence-electron chi connectivity index (χ2n) is 4.96. The molecule has 1 amide bonds. The number of nitro groups is 1. The van der Waals surface area contributed by atoms with Crippen LogP contribution in [0.4, 0.5) is 5.69 Å². The van der Waals surface area contributed by atoms with E-state index >= 15 is 0 Å². The van der Waals surface area contributed by atoms with Gasteiger partial charge in [-0.05, 0) is 25.5 Å². The Morgan fingerprint density at radius 1 is 1.47 bits per heavy atom. The predicted molar refractivity (Wildman–Crippen MR) is 75.5 cm³/mol. The van der Waals surface area contributed by atoms with E-state index in [1.807, 2.05) is 13.8 Å². The second-order valence-corrected chi connectivity index (χ2v) is 5.87. The van der Waals surface area contributed by atoms with Gasteiger partial charge in [0.1, 0.15) is 0 Å². The van der Waals surface area contributed by atoms with Crippen molar-refractivity contribution in [2.45, 2.75) is 32.4 Å². The van der Waals surface area contributed by atoms with Crippen molar-refractivity contribution in [2.75, 3.05) is 0 Å². The molecule has 0 aliphatic heterocycles. The van der Waals surface area contributed by atoms with E-state index in [0.717, 1.165) is 5.56 Å². The summed E-state index contributed by atoms with van der Waals surface area (Å²) in [5, 5.41) is 13.9. The van der Waals surface area contributed by atoms with E-state index in [9.17, 15) is 14.9 Å². The molecule has 0 aliphatic carbocycles. The van der Waals surface area contributed by atoms with Crippen molar-refractivity contribution in [1.29, 1.82) is 0 Å². The molecule has 1 rings (SSSR count). The first kappa shape index (κ1) is 15.6. The lowest BCUT2D eigenvalue weighted by atomic mass is 10.00. The molecule has 0 unspecified atom stereocenters. The highest BCUT2D eigenvalue weighted by Crippen LogP contribution is 2.22. The summed E-state index contributed by atoms with van der Waals surface area (Å²) in [5.41, 5.74) is 5.49. The lowest BCUT2D eigenvalue weighted by molar-refractivity contribution is -0.385. The Labute approximate surface area is 119 Å². The zero-order chi connectivity index (χ0) is 14.6. The average molecular weight is 330 g/mol. The molecule has 0 heterocycles. The van der Waals surface area contributed by atoms with Crippen LogP contribution in [0.5, 0.6) is 0 Å². The summed E-state index contributed by atoms with van der Waals surface area (Å²) in [6, 6.07) is 4.73. The highest BCUT2D eigenvalue weighted by atomic mass is 79.9. The van der Waals surface area contributed by atoms with Crippen LogP contribution in [0.3, 0.4) is 0 Å². The zero-order valence-corrected chi connectivity index (χ0v) is 12.4. The molecule has 0 fully saturated rings. The van der Waals surface area contributed by atoms with Crippen LogP contribution in [0, 0.1) is 10.1 Å². The van der Waals surface area contributed by atoms with Crippen molar-refractivity contribution in [1.82, 2.24) is 5.32 Å². The SMILES string of the molecule is CC(C)(CC(N)=O)NCc1cc(Br)cc([N+](=O)[O-])c1. The number of carbonyl (C=O) groups is 1. The van der Waals surface area contributed by atoms with Crippen molar-refractivity contribution in [3.63, 3.8) is 0 Å². The fourth-order valence-corrected chi connectivity index (χ4v) is 2.21. The molecule has 6 nitrogen and oxygen atoms in total. The molecular weight excluding hydrogens is 314 g/mol. The Kier molecular flexibility index (Phi) is 5.02. The fraction of sp³-hybridized carbons (Fsp3) is 0.417. The molecule has 7 heteroatoms. The van der Waals surface area contributed by atoms with Crippen LogP contribution in [0.15, 0.2) is 22.7 Å². The van der Waals surface area contributed by atoms with Gasteiger partial charge in [0, 0.05) is 35.1 Å². The topological polar surface area (TPSA) is 98.3 Å². The Morgan fingerprint density at radius 2 is 2.11 bits per heavy atom. The van der Waals surface area contributed by atoms with Crippen LogP contribution < -0.4 is 11.1 Å². The molecule has 1 aromatic carbocycles. The van der Waals surface area contributed by atoms with E-state index < -0.39 is 16.4 Å². The molecule has 0 aromatic heterocycles. The van der Waals surface area contributed by atoms with Gasteiger partial charge in [0.25, 0.3) is 5.69 Å². The van der Waals surface area contributed by atoms with Gasteiger partial charge in [-0.1, -0.05) is 15.9 Å². The number of nitrogens with zero attached hydrogens (tertiary/aromatic N) is 1. The summed E-state index contributed by atoms with van der Waals surface area (Å²) >= 11 is 3.24. The van der Waals surface area contributed by atoms with Crippen LogP contribution in [-0.4, -0.2) is 16.4 Å². The summed E-state index contributed by atoms with van der Waals surface area (Å²) in [6.45, 7) is 4.12. The Balaban J connectivity index is 2.77. The maximum atomic E-state index is 10.9. The summed E-state index contributed by atoms with van der Waals surface area (Å²) in [7, 11) is 0. The van der Waals surface area contributed by atoms with E-state index in [1.165, 1.54) is 12.1 Å². The molecule has 3 N–H and O–H groups in total. The number of hydrogen-bond donors (Lipinski definition) is 2. The number of carbonyl (C=O) groups excluding carboxylic acids is 1. The van der Waals surface area contributed by atoms with Crippen molar-refractivity contribution in [3.05, 3.63) is 38.3 Å². The third-order valence-corrected chi connectivity index (χ3v) is 3.00. The molecule has 0 spiro atoms. The number of nitro benzene ring substituents is 1. The minimum absolute atomic E-state index is 0.0267. The number of rotatable bonds is 6. The number of halogens is 1. The van der Waals surface area contributed by atoms with Crippen LogP contribution in [0.1, 0.15) is 25.8 Å². The van der Waals surface area contributed by atoms with Gasteiger partial charge >= 0.3 is 0 Å². The summed E-state index contributed by atoms with van der Waals surface area (Å²) < 4.78 is 0.645. The van der Waals surface area contributed by atoms with E-state index in [1.54, 1.807) is 6.07 Å².